The van der Waals surface area contributed by atoms with Gasteiger partial charge in [0.05, 0.1) is 0 Å². The van der Waals surface area contributed by atoms with Crippen LogP contribution in [0.25, 0.3) is 0 Å². The predicted molar refractivity (Wildman–Crippen MR) is 44.2 cm³/mol. The molecule has 5 heteroatoms. The third kappa shape index (κ3) is 3.71. The Balaban J connectivity index is 2.74. The zero-order valence-electron chi connectivity index (χ0n) is 5.54. The number of hydrogen-bond acceptors (Lipinski definition) is 3. The molecule has 0 bridgehead atoms. The van der Waals surface area contributed by atoms with Crippen molar-refractivity contribution in [3.63, 3.8) is 0 Å². The van der Waals surface area contributed by atoms with E-state index in [4.69, 9.17) is 14.3 Å². The van der Waals surface area contributed by atoms with Crippen LogP contribution in [0.2, 0.25) is 0 Å². The molecule has 1 aromatic rings. The van der Waals surface area contributed by atoms with Gasteiger partial charge in [-0.3, -0.25) is 0 Å². The standard InChI is InChI=1S/C6H7O3PSe/c7-10(8,11)9-6-4-2-1-3-5-6/h1-5H,(H2,7,8,11). The molecule has 1 rings (SSSR count). The molecule has 0 saturated heterocycles. The Morgan fingerprint density at radius 1 is 1.18 bits per heavy atom. The summed E-state index contributed by atoms with van der Waals surface area (Å²) < 4.78 is 4.77. The van der Waals surface area contributed by atoms with Crippen molar-refractivity contribution >= 4 is 21.3 Å². The number of benzene rings is 1. The van der Waals surface area contributed by atoms with E-state index >= 15 is 0 Å². The van der Waals surface area contributed by atoms with Crippen molar-refractivity contribution < 1.29 is 14.3 Å². The Kier molecular flexibility index (Phi) is 2.88. The van der Waals surface area contributed by atoms with Crippen LogP contribution in [0.5, 0.6) is 5.75 Å². The van der Waals surface area contributed by atoms with Gasteiger partial charge in [0.15, 0.2) is 0 Å². The molecule has 0 spiro atoms. The zero-order valence-corrected chi connectivity index (χ0v) is 8.15. The van der Waals surface area contributed by atoms with E-state index in [0.717, 1.165) is 0 Å². The third-order valence-corrected chi connectivity index (χ3v) is 1.89. The van der Waals surface area contributed by atoms with Gasteiger partial charge in [-0.15, -0.1) is 0 Å². The van der Waals surface area contributed by atoms with E-state index in [9.17, 15) is 0 Å². The van der Waals surface area contributed by atoms with E-state index in [2.05, 4.69) is 15.1 Å². The fourth-order valence-electron chi connectivity index (χ4n) is 0.619. The molecular weight excluding hydrogens is 230 g/mol. The first-order chi connectivity index (χ1) is 5.08. The van der Waals surface area contributed by atoms with Gasteiger partial charge in [-0.1, -0.05) is 0 Å². The van der Waals surface area contributed by atoms with Crippen LogP contribution in [-0.4, -0.2) is 24.9 Å². The van der Waals surface area contributed by atoms with Crippen LogP contribution in [-0.2, 0) is 0 Å². The minimum atomic E-state index is -3.26. The molecule has 0 aliphatic carbocycles. The molecule has 0 fully saturated rings. The summed E-state index contributed by atoms with van der Waals surface area (Å²) in [7, 11) is 0. The first-order valence-electron chi connectivity index (χ1n) is 2.88. The number of hydrogen-bond donors (Lipinski definition) is 2. The maximum atomic E-state index is 8.86. The van der Waals surface area contributed by atoms with Crippen LogP contribution in [0, 0.1) is 0 Å². The SMILES string of the molecule is OP(O)(=[Se])Oc1ccccc1. The van der Waals surface area contributed by atoms with E-state index in [1.165, 1.54) is 0 Å². The second-order valence-electron chi connectivity index (χ2n) is 1.89. The maximum absolute atomic E-state index is 8.86. The quantitative estimate of drug-likeness (QED) is 0.593. The van der Waals surface area contributed by atoms with Crippen LogP contribution in [0.4, 0.5) is 0 Å². The van der Waals surface area contributed by atoms with Crippen LogP contribution in [0.1, 0.15) is 0 Å². The molecule has 0 aliphatic rings. The van der Waals surface area contributed by atoms with Gasteiger partial charge in [-0.25, -0.2) is 0 Å². The van der Waals surface area contributed by atoms with Crippen molar-refractivity contribution in [2.75, 3.05) is 0 Å². The fourth-order valence-corrected chi connectivity index (χ4v) is 1.56. The van der Waals surface area contributed by atoms with Gasteiger partial charge in [0.25, 0.3) is 0 Å². The van der Waals surface area contributed by atoms with Gasteiger partial charge in [-0.05, 0) is 0 Å². The average molecular weight is 237 g/mol. The Hall–Kier alpha value is -0.111. The van der Waals surface area contributed by atoms with Crippen molar-refractivity contribution in [3.8, 4) is 5.75 Å². The Morgan fingerprint density at radius 3 is 2.18 bits per heavy atom. The summed E-state index contributed by atoms with van der Waals surface area (Å²) in [6.45, 7) is 0. The second-order valence-corrected chi connectivity index (χ2v) is 6.05. The van der Waals surface area contributed by atoms with Gasteiger partial charge in [0.1, 0.15) is 0 Å². The molecule has 0 amide bonds. The summed E-state index contributed by atoms with van der Waals surface area (Å²) in [6, 6.07) is 8.63. The van der Waals surface area contributed by atoms with Crippen LogP contribution < -0.4 is 4.52 Å². The van der Waals surface area contributed by atoms with Gasteiger partial charge in [-0.2, -0.15) is 0 Å². The van der Waals surface area contributed by atoms with Gasteiger partial charge in [0, 0.05) is 0 Å². The van der Waals surface area contributed by atoms with Crippen molar-refractivity contribution in [2.24, 2.45) is 0 Å². The van der Waals surface area contributed by atoms with Crippen molar-refractivity contribution in [2.45, 2.75) is 0 Å². The van der Waals surface area contributed by atoms with Crippen molar-refractivity contribution in [3.05, 3.63) is 30.3 Å². The molecule has 2 N–H and O–H groups in total. The molecule has 0 aromatic heterocycles. The first kappa shape index (κ1) is 8.98. The van der Waals surface area contributed by atoms with Gasteiger partial charge < -0.3 is 0 Å². The Labute approximate surface area is 72.1 Å². The predicted octanol–water partition coefficient (Wildman–Crippen LogP) is 0.896. The molecule has 60 valence electrons. The number of para-hydroxylation sites is 1. The topological polar surface area (TPSA) is 49.7 Å². The molecule has 0 heterocycles. The monoisotopic (exact) mass is 238 g/mol. The molecular formula is C6H7O3PSe. The summed E-state index contributed by atoms with van der Waals surface area (Å²) in [6.07, 6.45) is -3.26. The van der Waals surface area contributed by atoms with E-state index < -0.39 is 6.19 Å². The summed E-state index contributed by atoms with van der Waals surface area (Å²) in [5, 5.41) is 0. The van der Waals surface area contributed by atoms with Crippen LogP contribution >= 0.6 is 6.19 Å². The summed E-state index contributed by atoms with van der Waals surface area (Å²) >= 11 is 2.16. The van der Waals surface area contributed by atoms with Crippen molar-refractivity contribution in [1.29, 1.82) is 0 Å². The molecule has 0 radical (unpaired) electrons. The summed E-state index contributed by atoms with van der Waals surface area (Å²) in [5.41, 5.74) is 0. The van der Waals surface area contributed by atoms with E-state index in [1.807, 2.05) is 6.07 Å². The average Bonchev–Trinajstić information content (AvgIpc) is 1.85. The molecule has 0 saturated carbocycles. The van der Waals surface area contributed by atoms with Gasteiger partial charge in [0.2, 0.25) is 0 Å². The molecule has 0 atom stereocenters. The normalized spacial score (nSPS) is 11.1. The van der Waals surface area contributed by atoms with Crippen molar-refractivity contribution in [1.82, 2.24) is 0 Å². The fraction of sp³-hybridized carbons (Fsp3) is 0. The molecule has 0 aliphatic heterocycles. The minimum absolute atomic E-state index is 0.449. The Morgan fingerprint density at radius 2 is 1.73 bits per heavy atom. The zero-order chi connectivity index (χ0) is 8.32. The van der Waals surface area contributed by atoms with Gasteiger partial charge >= 0.3 is 71.7 Å². The van der Waals surface area contributed by atoms with Crippen LogP contribution in [0.15, 0.2) is 30.3 Å². The molecule has 11 heavy (non-hydrogen) atoms. The van der Waals surface area contributed by atoms with E-state index in [1.54, 1.807) is 24.3 Å². The summed E-state index contributed by atoms with van der Waals surface area (Å²) in [4.78, 5) is 17.7. The Bertz CT molecular complexity index is 268. The number of rotatable bonds is 2. The summed E-state index contributed by atoms with van der Waals surface area (Å²) in [5.74, 6) is 0.449. The first-order valence-corrected chi connectivity index (χ1v) is 6.71. The molecule has 0 unspecified atom stereocenters. The molecule has 3 nitrogen and oxygen atoms in total. The third-order valence-electron chi connectivity index (χ3n) is 0.968. The molecule has 1 aromatic carbocycles. The van der Waals surface area contributed by atoms with Crippen LogP contribution in [0.3, 0.4) is 0 Å². The van der Waals surface area contributed by atoms with E-state index in [-0.39, 0.29) is 0 Å². The van der Waals surface area contributed by atoms with E-state index in [0.29, 0.717) is 5.75 Å². The second kappa shape index (κ2) is 3.53.